The van der Waals surface area contributed by atoms with Gasteiger partial charge in [0.25, 0.3) is 0 Å². The van der Waals surface area contributed by atoms with E-state index in [1.54, 1.807) is 13.0 Å². The van der Waals surface area contributed by atoms with E-state index in [9.17, 15) is 9.18 Å². The van der Waals surface area contributed by atoms with Gasteiger partial charge in [0.2, 0.25) is 0 Å². The van der Waals surface area contributed by atoms with Gasteiger partial charge in [-0.1, -0.05) is 0 Å². The number of benzene rings is 1. The van der Waals surface area contributed by atoms with Crippen LogP contribution in [0.5, 0.6) is 5.75 Å². The minimum Gasteiger partial charge on any atom is -0.496 e. The molecule has 0 aromatic heterocycles. The standard InChI is InChI=1S/C12H12FNO3/c1-3-17-12(15)10(7-14)9-6-8(13)4-5-11(9)16-2/h4-6,10H,3H2,1-2H3. The molecule has 0 bridgehead atoms. The van der Waals surface area contributed by atoms with E-state index >= 15 is 0 Å². The van der Waals surface area contributed by atoms with Crippen molar-refractivity contribution in [2.24, 2.45) is 0 Å². The molecule has 0 heterocycles. The summed E-state index contributed by atoms with van der Waals surface area (Å²) in [6.07, 6.45) is 0. The van der Waals surface area contributed by atoms with Crippen molar-refractivity contribution in [3.63, 3.8) is 0 Å². The lowest BCUT2D eigenvalue weighted by atomic mass is 9.99. The lowest BCUT2D eigenvalue weighted by Gasteiger charge is -2.12. The van der Waals surface area contributed by atoms with Crippen LogP contribution in [0.2, 0.25) is 0 Å². The van der Waals surface area contributed by atoms with Gasteiger partial charge >= 0.3 is 5.97 Å². The molecule has 0 N–H and O–H groups in total. The van der Waals surface area contributed by atoms with Gasteiger partial charge in [-0.3, -0.25) is 4.79 Å². The first-order chi connectivity index (χ1) is 8.13. The molecule has 0 aliphatic rings. The molecular weight excluding hydrogens is 225 g/mol. The highest BCUT2D eigenvalue weighted by Gasteiger charge is 2.25. The van der Waals surface area contributed by atoms with Crippen molar-refractivity contribution in [3.8, 4) is 11.8 Å². The molecule has 90 valence electrons. The summed E-state index contributed by atoms with van der Waals surface area (Å²) in [4.78, 5) is 11.5. The minimum atomic E-state index is -1.18. The SMILES string of the molecule is CCOC(=O)C(C#N)c1cc(F)ccc1OC. The van der Waals surface area contributed by atoms with Gasteiger partial charge in [0.1, 0.15) is 11.6 Å². The molecule has 0 saturated carbocycles. The Labute approximate surface area is 98.6 Å². The quantitative estimate of drug-likeness (QED) is 0.751. The van der Waals surface area contributed by atoms with Crippen molar-refractivity contribution in [1.82, 2.24) is 0 Å². The highest BCUT2D eigenvalue weighted by Crippen LogP contribution is 2.28. The highest BCUT2D eigenvalue weighted by atomic mass is 19.1. The van der Waals surface area contributed by atoms with Crippen LogP contribution in [0, 0.1) is 17.1 Å². The molecule has 1 aromatic rings. The van der Waals surface area contributed by atoms with Crippen LogP contribution in [0.25, 0.3) is 0 Å². The normalized spacial score (nSPS) is 11.4. The molecule has 1 atom stereocenters. The molecule has 0 radical (unpaired) electrons. The van der Waals surface area contributed by atoms with Crippen LogP contribution >= 0.6 is 0 Å². The molecule has 5 heteroatoms. The van der Waals surface area contributed by atoms with Crippen LogP contribution in [0.4, 0.5) is 4.39 Å². The van der Waals surface area contributed by atoms with E-state index in [4.69, 9.17) is 14.7 Å². The largest absolute Gasteiger partial charge is 0.496 e. The smallest absolute Gasteiger partial charge is 0.328 e. The number of carbonyl (C=O) groups is 1. The maximum atomic E-state index is 13.1. The Morgan fingerprint density at radius 3 is 2.82 bits per heavy atom. The molecule has 1 unspecified atom stereocenters. The van der Waals surface area contributed by atoms with Crippen molar-refractivity contribution in [3.05, 3.63) is 29.6 Å². The number of rotatable bonds is 4. The van der Waals surface area contributed by atoms with E-state index in [0.29, 0.717) is 0 Å². The van der Waals surface area contributed by atoms with Gasteiger partial charge < -0.3 is 9.47 Å². The third-order valence-electron chi connectivity index (χ3n) is 2.15. The molecule has 0 fully saturated rings. The molecule has 0 spiro atoms. The highest BCUT2D eigenvalue weighted by molar-refractivity contribution is 5.82. The summed E-state index contributed by atoms with van der Waals surface area (Å²) in [5.74, 6) is -2.14. The fourth-order valence-electron chi connectivity index (χ4n) is 1.41. The number of methoxy groups -OCH3 is 1. The lowest BCUT2D eigenvalue weighted by Crippen LogP contribution is -2.15. The Morgan fingerprint density at radius 1 is 1.59 bits per heavy atom. The zero-order chi connectivity index (χ0) is 12.8. The van der Waals surface area contributed by atoms with Crippen LogP contribution in [-0.2, 0) is 9.53 Å². The fourth-order valence-corrected chi connectivity index (χ4v) is 1.41. The maximum Gasteiger partial charge on any atom is 0.328 e. The van der Waals surface area contributed by atoms with Crippen LogP contribution in [0.15, 0.2) is 18.2 Å². The summed E-state index contributed by atoms with van der Waals surface area (Å²) in [5.41, 5.74) is 0.174. The number of nitriles is 1. The number of halogens is 1. The Morgan fingerprint density at radius 2 is 2.29 bits per heavy atom. The summed E-state index contributed by atoms with van der Waals surface area (Å²) in [6, 6.07) is 5.45. The minimum absolute atomic E-state index is 0.161. The van der Waals surface area contributed by atoms with E-state index in [1.807, 2.05) is 0 Å². The monoisotopic (exact) mass is 237 g/mol. The van der Waals surface area contributed by atoms with Crippen molar-refractivity contribution >= 4 is 5.97 Å². The number of ether oxygens (including phenoxy) is 2. The van der Waals surface area contributed by atoms with E-state index < -0.39 is 17.7 Å². The van der Waals surface area contributed by atoms with Crippen molar-refractivity contribution in [1.29, 1.82) is 5.26 Å². The molecule has 1 aromatic carbocycles. The van der Waals surface area contributed by atoms with Gasteiger partial charge in [-0.2, -0.15) is 5.26 Å². The van der Waals surface area contributed by atoms with Gasteiger partial charge in [-0.15, -0.1) is 0 Å². The third-order valence-corrected chi connectivity index (χ3v) is 2.15. The van der Waals surface area contributed by atoms with Gasteiger partial charge in [0.15, 0.2) is 5.92 Å². The predicted molar refractivity (Wildman–Crippen MR) is 57.9 cm³/mol. The average Bonchev–Trinajstić information content (AvgIpc) is 2.31. The van der Waals surface area contributed by atoms with Gasteiger partial charge in [-0.05, 0) is 25.1 Å². The first-order valence-corrected chi connectivity index (χ1v) is 5.03. The second kappa shape index (κ2) is 5.85. The zero-order valence-corrected chi connectivity index (χ0v) is 9.57. The van der Waals surface area contributed by atoms with Crippen molar-refractivity contribution in [2.75, 3.05) is 13.7 Å². The molecule has 0 amide bonds. The van der Waals surface area contributed by atoms with Crippen molar-refractivity contribution < 1.29 is 18.7 Å². The molecule has 0 saturated heterocycles. The summed E-state index contributed by atoms with van der Waals surface area (Å²) < 4.78 is 22.8. The Bertz CT molecular complexity index is 454. The Kier molecular flexibility index (Phi) is 4.46. The average molecular weight is 237 g/mol. The maximum absolute atomic E-state index is 13.1. The molecular formula is C12H12FNO3. The van der Waals surface area contributed by atoms with Crippen LogP contribution in [0.1, 0.15) is 18.4 Å². The molecule has 17 heavy (non-hydrogen) atoms. The van der Waals surface area contributed by atoms with Gasteiger partial charge in [0, 0.05) is 5.56 Å². The first-order valence-electron chi connectivity index (χ1n) is 5.03. The second-order valence-electron chi connectivity index (χ2n) is 3.20. The Hall–Kier alpha value is -2.09. The molecule has 1 rings (SSSR count). The molecule has 0 aliphatic heterocycles. The summed E-state index contributed by atoms with van der Waals surface area (Å²) in [6.45, 7) is 1.80. The van der Waals surface area contributed by atoms with E-state index in [2.05, 4.69) is 0 Å². The lowest BCUT2D eigenvalue weighted by molar-refractivity contribution is -0.143. The van der Waals surface area contributed by atoms with E-state index in [0.717, 1.165) is 6.07 Å². The van der Waals surface area contributed by atoms with Crippen LogP contribution < -0.4 is 4.74 Å². The van der Waals surface area contributed by atoms with Crippen molar-refractivity contribution in [2.45, 2.75) is 12.8 Å². The van der Waals surface area contributed by atoms with E-state index in [-0.39, 0.29) is 17.9 Å². The molecule has 4 nitrogen and oxygen atoms in total. The summed E-state index contributed by atoms with van der Waals surface area (Å²) in [5, 5.41) is 8.96. The van der Waals surface area contributed by atoms with Crippen LogP contribution in [0.3, 0.4) is 0 Å². The Balaban J connectivity index is 3.15. The predicted octanol–water partition coefficient (Wildman–Crippen LogP) is 2.00. The molecule has 0 aliphatic carbocycles. The summed E-state index contributed by atoms with van der Waals surface area (Å²) in [7, 11) is 1.39. The number of nitrogens with zero attached hydrogens (tertiary/aromatic N) is 1. The first kappa shape index (κ1) is 13.0. The van der Waals surface area contributed by atoms with Crippen LogP contribution in [-0.4, -0.2) is 19.7 Å². The van der Waals surface area contributed by atoms with Gasteiger partial charge in [-0.25, -0.2) is 4.39 Å². The third kappa shape index (κ3) is 2.94. The topological polar surface area (TPSA) is 59.3 Å². The number of hydrogen-bond acceptors (Lipinski definition) is 4. The van der Waals surface area contributed by atoms with E-state index in [1.165, 1.54) is 19.2 Å². The zero-order valence-electron chi connectivity index (χ0n) is 9.57. The van der Waals surface area contributed by atoms with Gasteiger partial charge in [0.05, 0.1) is 19.8 Å². The number of esters is 1. The second-order valence-corrected chi connectivity index (χ2v) is 3.20. The number of carbonyl (C=O) groups excluding carboxylic acids is 1. The summed E-state index contributed by atoms with van der Waals surface area (Å²) >= 11 is 0. The fraction of sp³-hybridized carbons (Fsp3) is 0.333. The number of hydrogen-bond donors (Lipinski definition) is 0.